The van der Waals surface area contributed by atoms with Crippen molar-refractivity contribution in [2.24, 2.45) is 0 Å². The molecule has 0 radical (unpaired) electrons. The van der Waals surface area contributed by atoms with Crippen LogP contribution in [0.4, 0.5) is 0 Å². The van der Waals surface area contributed by atoms with Gasteiger partial charge in [-0.2, -0.15) is 0 Å². The Kier molecular flexibility index (Phi) is 5.89. The summed E-state index contributed by atoms with van der Waals surface area (Å²) in [7, 11) is 0. The zero-order valence-corrected chi connectivity index (χ0v) is 16.2. The second kappa shape index (κ2) is 8.90. The standard InChI is InChI=1S/C23H24N2O4/c26-22(25-19-9-2-1-3-10-19)21(17-8-6-12-24-14-17)29-23(27)18-13-16-7-4-5-11-20(16)28-15-18/h4-8,11-14,19,21H,1-3,9-10,15H2,(H,25,26)/t21-/m1/s1. The fourth-order valence-electron chi connectivity index (χ4n) is 3.74. The molecule has 6 heteroatoms. The Morgan fingerprint density at radius 3 is 2.72 bits per heavy atom. The molecule has 1 aliphatic carbocycles. The number of benzene rings is 1. The molecule has 0 saturated heterocycles. The van der Waals surface area contributed by atoms with Gasteiger partial charge in [0.05, 0.1) is 5.57 Å². The third-order valence-electron chi connectivity index (χ3n) is 5.30. The second-order valence-electron chi connectivity index (χ2n) is 7.41. The van der Waals surface area contributed by atoms with E-state index in [1.54, 1.807) is 30.6 Å². The largest absolute Gasteiger partial charge is 0.488 e. The molecule has 2 aliphatic rings. The molecule has 4 rings (SSSR count). The summed E-state index contributed by atoms with van der Waals surface area (Å²) in [6.45, 7) is 0.111. The van der Waals surface area contributed by atoms with Crippen LogP contribution in [0.15, 0.2) is 54.4 Å². The maximum atomic E-state index is 13.0. The summed E-state index contributed by atoms with van der Waals surface area (Å²) in [5.74, 6) is -0.147. The van der Waals surface area contributed by atoms with Crippen LogP contribution in [-0.4, -0.2) is 29.5 Å². The Balaban J connectivity index is 1.51. The van der Waals surface area contributed by atoms with Gasteiger partial charge in [-0.15, -0.1) is 0 Å². The average Bonchev–Trinajstić information content (AvgIpc) is 2.78. The van der Waals surface area contributed by atoms with E-state index in [1.165, 1.54) is 6.42 Å². The Labute approximate surface area is 169 Å². The van der Waals surface area contributed by atoms with Crippen LogP contribution < -0.4 is 10.1 Å². The molecule has 0 spiro atoms. The van der Waals surface area contributed by atoms with Gasteiger partial charge < -0.3 is 14.8 Å². The fraction of sp³-hybridized carbons (Fsp3) is 0.348. The predicted molar refractivity (Wildman–Crippen MR) is 108 cm³/mol. The number of carbonyl (C=O) groups excluding carboxylic acids is 2. The van der Waals surface area contributed by atoms with Crippen LogP contribution in [0.25, 0.3) is 6.08 Å². The molecule has 1 aromatic carbocycles. The quantitative estimate of drug-likeness (QED) is 0.787. The summed E-state index contributed by atoms with van der Waals surface area (Å²) in [6.07, 6.45) is 9.19. The van der Waals surface area contributed by atoms with E-state index >= 15 is 0 Å². The number of para-hydroxylation sites is 1. The lowest BCUT2D eigenvalue weighted by Gasteiger charge is -2.26. The molecule has 0 bridgehead atoms. The van der Waals surface area contributed by atoms with Crippen molar-refractivity contribution in [1.82, 2.24) is 10.3 Å². The smallest absolute Gasteiger partial charge is 0.338 e. The Morgan fingerprint density at radius 1 is 1.10 bits per heavy atom. The van der Waals surface area contributed by atoms with Crippen LogP contribution >= 0.6 is 0 Å². The fourth-order valence-corrected chi connectivity index (χ4v) is 3.74. The van der Waals surface area contributed by atoms with Crippen LogP contribution in [0.2, 0.25) is 0 Å². The summed E-state index contributed by atoms with van der Waals surface area (Å²) in [5.41, 5.74) is 1.74. The van der Waals surface area contributed by atoms with Crippen molar-refractivity contribution in [2.45, 2.75) is 44.2 Å². The van der Waals surface area contributed by atoms with Crippen LogP contribution in [0.3, 0.4) is 0 Å². The van der Waals surface area contributed by atoms with Crippen molar-refractivity contribution in [3.8, 4) is 5.75 Å². The highest BCUT2D eigenvalue weighted by molar-refractivity contribution is 5.97. The molecular weight excluding hydrogens is 368 g/mol. The molecule has 1 amide bonds. The van der Waals surface area contributed by atoms with Gasteiger partial charge in [-0.1, -0.05) is 43.5 Å². The minimum Gasteiger partial charge on any atom is -0.488 e. The first-order valence-corrected chi connectivity index (χ1v) is 10.0. The first-order chi connectivity index (χ1) is 14.2. The molecule has 2 heterocycles. The Morgan fingerprint density at radius 2 is 1.93 bits per heavy atom. The van der Waals surface area contributed by atoms with Gasteiger partial charge in [-0.25, -0.2) is 4.79 Å². The number of amides is 1. The second-order valence-corrected chi connectivity index (χ2v) is 7.41. The molecule has 1 saturated carbocycles. The average molecular weight is 392 g/mol. The number of hydrogen-bond acceptors (Lipinski definition) is 5. The third-order valence-corrected chi connectivity index (χ3v) is 5.30. The topological polar surface area (TPSA) is 77.5 Å². The Bertz CT molecular complexity index is 904. The normalized spacial score (nSPS) is 17.3. The predicted octanol–water partition coefficient (Wildman–Crippen LogP) is 3.59. The van der Waals surface area contributed by atoms with E-state index in [0.29, 0.717) is 11.1 Å². The number of esters is 1. The molecule has 1 atom stereocenters. The summed E-state index contributed by atoms with van der Waals surface area (Å²) in [5, 5.41) is 3.05. The van der Waals surface area contributed by atoms with Crippen LogP contribution in [-0.2, 0) is 14.3 Å². The van der Waals surface area contributed by atoms with Crippen molar-refractivity contribution in [1.29, 1.82) is 0 Å². The van der Waals surface area contributed by atoms with Crippen molar-refractivity contribution >= 4 is 18.0 Å². The highest BCUT2D eigenvalue weighted by Gasteiger charge is 2.30. The van der Waals surface area contributed by atoms with E-state index in [9.17, 15) is 9.59 Å². The molecule has 1 fully saturated rings. The SMILES string of the molecule is O=C(O[C@@H](C(=O)NC1CCCCC1)c1cccnc1)C1=Cc2ccccc2OC1. The van der Waals surface area contributed by atoms with Gasteiger partial charge in [-0.05, 0) is 31.1 Å². The molecular formula is C23H24N2O4. The van der Waals surface area contributed by atoms with Crippen LogP contribution in [0.5, 0.6) is 5.75 Å². The van der Waals surface area contributed by atoms with Crippen molar-refractivity contribution in [3.63, 3.8) is 0 Å². The number of carbonyl (C=O) groups is 2. The third kappa shape index (κ3) is 4.65. The minimum absolute atomic E-state index is 0.111. The van der Waals surface area contributed by atoms with Gasteiger partial charge in [0.2, 0.25) is 6.10 Å². The highest BCUT2D eigenvalue weighted by Crippen LogP contribution is 2.28. The number of aromatic nitrogens is 1. The zero-order chi connectivity index (χ0) is 20.1. The summed E-state index contributed by atoms with van der Waals surface area (Å²) in [6, 6.07) is 11.1. The van der Waals surface area contributed by atoms with Crippen molar-refractivity contribution in [3.05, 3.63) is 65.5 Å². The molecule has 2 aromatic rings. The van der Waals surface area contributed by atoms with E-state index in [4.69, 9.17) is 9.47 Å². The van der Waals surface area contributed by atoms with Crippen molar-refractivity contribution < 1.29 is 19.1 Å². The number of ether oxygens (including phenoxy) is 2. The lowest BCUT2D eigenvalue weighted by molar-refractivity contribution is -0.153. The highest BCUT2D eigenvalue weighted by atomic mass is 16.6. The molecule has 1 aromatic heterocycles. The molecule has 6 nitrogen and oxygen atoms in total. The Hall–Kier alpha value is -3.15. The maximum absolute atomic E-state index is 13.0. The molecule has 1 aliphatic heterocycles. The first kappa shape index (κ1) is 19.2. The summed E-state index contributed by atoms with van der Waals surface area (Å²) >= 11 is 0. The lowest BCUT2D eigenvalue weighted by atomic mass is 9.95. The summed E-state index contributed by atoms with van der Waals surface area (Å²) in [4.78, 5) is 29.9. The number of fused-ring (bicyclic) bond motifs is 1. The van der Waals surface area contributed by atoms with Gasteiger partial charge in [-0.3, -0.25) is 9.78 Å². The zero-order valence-electron chi connectivity index (χ0n) is 16.2. The summed E-state index contributed by atoms with van der Waals surface area (Å²) < 4.78 is 11.3. The number of pyridine rings is 1. The molecule has 0 unspecified atom stereocenters. The number of rotatable bonds is 5. The van der Waals surface area contributed by atoms with Gasteiger partial charge >= 0.3 is 5.97 Å². The number of nitrogens with one attached hydrogen (secondary N) is 1. The first-order valence-electron chi connectivity index (χ1n) is 10.0. The van der Waals surface area contributed by atoms with Crippen LogP contribution in [0, 0.1) is 0 Å². The van der Waals surface area contributed by atoms with E-state index in [2.05, 4.69) is 10.3 Å². The number of hydrogen-bond donors (Lipinski definition) is 1. The van der Waals surface area contributed by atoms with Crippen molar-refractivity contribution in [2.75, 3.05) is 6.61 Å². The molecule has 1 N–H and O–H groups in total. The van der Waals surface area contributed by atoms with Gasteiger partial charge in [0.25, 0.3) is 5.91 Å². The monoisotopic (exact) mass is 392 g/mol. The van der Waals surface area contributed by atoms with E-state index in [1.807, 2.05) is 24.3 Å². The van der Waals surface area contributed by atoms with E-state index < -0.39 is 12.1 Å². The van der Waals surface area contributed by atoms with Gasteiger partial charge in [0.1, 0.15) is 12.4 Å². The van der Waals surface area contributed by atoms with E-state index in [-0.39, 0.29) is 18.6 Å². The van der Waals surface area contributed by atoms with Crippen LogP contribution in [0.1, 0.15) is 49.3 Å². The molecule has 29 heavy (non-hydrogen) atoms. The number of nitrogens with zero attached hydrogens (tertiary/aromatic N) is 1. The van der Waals surface area contributed by atoms with E-state index in [0.717, 1.165) is 37.0 Å². The van der Waals surface area contributed by atoms with Gasteiger partial charge in [0.15, 0.2) is 0 Å². The molecule has 150 valence electrons. The maximum Gasteiger partial charge on any atom is 0.338 e. The van der Waals surface area contributed by atoms with Gasteiger partial charge in [0, 0.05) is 29.6 Å². The minimum atomic E-state index is -1.05. The lowest BCUT2D eigenvalue weighted by Crippen LogP contribution is -2.40.